The molecule has 1 N–H and O–H groups in total. The maximum atomic E-state index is 13.0. The number of rotatable bonds is 4. The molecule has 2 aromatic heterocycles. The lowest BCUT2D eigenvalue weighted by atomic mass is 9.84. The van der Waals surface area contributed by atoms with Gasteiger partial charge >= 0.3 is 0 Å². The number of hydrogen-bond donors (Lipinski definition) is 1. The Morgan fingerprint density at radius 2 is 1.89 bits per heavy atom. The van der Waals surface area contributed by atoms with Crippen LogP contribution in [0.1, 0.15) is 43.6 Å². The van der Waals surface area contributed by atoms with E-state index in [-0.39, 0.29) is 0 Å². The van der Waals surface area contributed by atoms with Crippen molar-refractivity contribution < 1.29 is 9.18 Å². The fourth-order valence-corrected chi connectivity index (χ4v) is 3.67. The Kier molecular flexibility index (Phi) is 4.71. The molecular formula is C21H21FN4O. The van der Waals surface area contributed by atoms with Crippen LogP contribution < -0.4 is 5.32 Å². The van der Waals surface area contributed by atoms with Crippen LogP contribution in [0.3, 0.4) is 0 Å². The minimum atomic E-state index is -1.05. The second-order valence-electron chi connectivity index (χ2n) is 6.96. The zero-order valence-electron chi connectivity index (χ0n) is 15.0. The fourth-order valence-electron chi connectivity index (χ4n) is 3.67. The molecule has 6 heteroatoms. The number of fused-ring (bicyclic) bond motifs is 1. The number of halogens is 1. The smallest absolute Gasteiger partial charge is 0.283 e. The van der Waals surface area contributed by atoms with Crippen molar-refractivity contribution >= 4 is 17.2 Å². The van der Waals surface area contributed by atoms with Gasteiger partial charge in [0, 0.05) is 11.8 Å². The van der Waals surface area contributed by atoms with E-state index in [1.165, 1.54) is 48.4 Å². The summed E-state index contributed by atoms with van der Waals surface area (Å²) in [6, 6.07) is 10.4. The summed E-state index contributed by atoms with van der Waals surface area (Å²) >= 11 is 0. The maximum Gasteiger partial charge on any atom is 0.283 e. The van der Waals surface area contributed by atoms with E-state index >= 15 is 0 Å². The molecule has 0 bridgehead atoms. The predicted molar refractivity (Wildman–Crippen MR) is 103 cm³/mol. The minimum Gasteiger partial charge on any atom is -0.315 e. The molecule has 1 amide bonds. The second-order valence-corrected chi connectivity index (χ2v) is 6.96. The fraction of sp³-hybridized carbons (Fsp3) is 0.286. The standard InChI is InChI=1S/C21H21FN4O/c1-14(22)21(27)25-19-13-23-26-12-11-18(24-20(19)26)17-9-7-16(8-10-17)15-5-3-2-4-6-15/h7-13,15H,1-6H2,(H,25,27). The van der Waals surface area contributed by atoms with Crippen LogP contribution in [0.25, 0.3) is 16.9 Å². The molecule has 0 saturated heterocycles. The summed E-state index contributed by atoms with van der Waals surface area (Å²) in [5.41, 5.74) is 3.95. The number of aromatic nitrogens is 3. The van der Waals surface area contributed by atoms with Crippen LogP contribution in [0.2, 0.25) is 0 Å². The van der Waals surface area contributed by atoms with Crippen molar-refractivity contribution in [1.29, 1.82) is 0 Å². The topological polar surface area (TPSA) is 59.3 Å². The Bertz CT molecular complexity index is 987. The summed E-state index contributed by atoms with van der Waals surface area (Å²) < 4.78 is 14.5. The van der Waals surface area contributed by atoms with Gasteiger partial charge in [-0.25, -0.2) is 13.9 Å². The molecule has 1 aliphatic rings. The van der Waals surface area contributed by atoms with E-state index in [4.69, 9.17) is 0 Å². The highest BCUT2D eigenvalue weighted by atomic mass is 19.1. The molecule has 0 radical (unpaired) electrons. The molecule has 2 heterocycles. The van der Waals surface area contributed by atoms with Crippen LogP contribution in [0.4, 0.5) is 10.1 Å². The van der Waals surface area contributed by atoms with Gasteiger partial charge in [0.25, 0.3) is 5.91 Å². The molecule has 1 saturated carbocycles. The third kappa shape index (κ3) is 3.60. The zero-order valence-corrected chi connectivity index (χ0v) is 15.0. The van der Waals surface area contributed by atoms with Gasteiger partial charge < -0.3 is 5.32 Å². The number of carbonyl (C=O) groups excluding carboxylic acids is 1. The summed E-state index contributed by atoms with van der Waals surface area (Å²) in [4.78, 5) is 16.1. The van der Waals surface area contributed by atoms with Gasteiger partial charge in [0.2, 0.25) is 0 Å². The number of amides is 1. The van der Waals surface area contributed by atoms with E-state index in [9.17, 15) is 9.18 Å². The molecule has 1 aromatic carbocycles. The van der Waals surface area contributed by atoms with Gasteiger partial charge in [0.15, 0.2) is 11.5 Å². The molecule has 0 atom stereocenters. The first-order valence-corrected chi connectivity index (χ1v) is 9.22. The van der Waals surface area contributed by atoms with Crippen LogP contribution in [0, 0.1) is 0 Å². The van der Waals surface area contributed by atoms with E-state index in [1.54, 1.807) is 6.20 Å². The maximum absolute atomic E-state index is 13.0. The highest BCUT2D eigenvalue weighted by molar-refractivity contribution is 6.03. The molecular weight excluding hydrogens is 343 g/mol. The predicted octanol–water partition coefficient (Wildman–Crippen LogP) is 4.87. The minimum absolute atomic E-state index is 0.347. The van der Waals surface area contributed by atoms with Crippen molar-refractivity contribution in [1.82, 2.24) is 14.6 Å². The van der Waals surface area contributed by atoms with E-state index in [0.717, 1.165) is 11.3 Å². The number of carbonyl (C=O) groups is 1. The third-order valence-electron chi connectivity index (χ3n) is 5.15. The van der Waals surface area contributed by atoms with Gasteiger partial charge in [-0.3, -0.25) is 4.79 Å². The summed E-state index contributed by atoms with van der Waals surface area (Å²) in [6.45, 7) is 3.00. The lowest BCUT2D eigenvalue weighted by Gasteiger charge is -2.22. The highest BCUT2D eigenvalue weighted by Crippen LogP contribution is 2.33. The van der Waals surface area contributed by atoms with Crippen molar-refractivity contribution in [3.63, 3.8) is 0 Å². The van der Waals surface area contributed by atoms with Crippen molar-refractivity contribution in [2.75, 3.05) is 5.32 Å². The van der Waals surface area contributed by atoms with Crippen LogP contribution in [0.15, 0.2) is 55.1 Å². The molecule has 5 nitrogen and oxygen atoms in total. The van der Waals surface area contributed by atoms with E-state index in [1.807, 2.05) is 6.07 Å². The van der Waals surface area contributed by atoms with Crippen molar-refractivity contribution in [2.24, 2.45) is 0 Å². The number of anilines is 1. The normalized spacial score (nSPS) is 15.0. The monoisotopic (exact) mass is 364 g/mol. The molecule has 0 unspecified atom stereocenters. The molecule has 1 aliphatic carbocycles. The van der Waals surface area contributed by atoms with Crippen LogP contribution in [-0.4, -0.2) is 20.5 Å². The first kappa shape index (κ1) is 17.4. The average molecular weight is 364 g/mol. The molecule has 4 rings (SSSR count). The van der Waals surface area contributed by atoms with Crippen LogP contribution in [0.5, 0.6) is 0 Å². The lowest BCUT2D eigenvalue weighted by molar-refractivity contribution is -0.114. The van der Waals surface area contributed by atoms with Crippen LogP contribution in [-0.2, 0) is 4.79 Å². The Hall–Kier alpha value is -3.02. The Morgan fingerprint density at radius 1 is 1.15 bits per heavy atom. The van der Waals surface area contributed by atoms with Crippen molar-refractivity contribution in [3.8, 4) is 11.3 Å². The Morgan fingerprint density at radius 3 is 2.59 bits per heavy atom. The van der Waals surface area contributed by atoms with Gasteiger partial charge in [-0.05, 0) is 30.4 Å². The Balaban J connectivity index is 1.61. The van der Waals surface area contributed by atoms with Gasteiger partial charge in [-0.15, -0.1) is 0 Å². The molecule has 0 spiro atoms. The van der Waals surface area contributed by atoms with Gasteiger partial charge in [0.1, 0.15) is 5.69 Å². The van der Waals surface area contributed by atoms with E-state index in [2.05, 4.69) is 46.2 Å². The quantitative estimate of drug-likeness (QED) is 0.672. The highest BCUT2D eigenvalue weighted by Gasteiger charge is 2.16. The zero-order chi connectivity index (χ0) is 18.8. The first-order chi connectivity index (χ1) is 13.1. The van der Waals surface area contributed by atoms with E-state index in [0.29, 0.717) is 17.3 Å². The van der Waals surface area contributed by atoms with Gasteiger partial charge in [-0.2, -0.15) is 5.10 Å². The summed E-state index contributed by atoms with van der Waals surface area (Å²) in [6.07, 6.45) is 9.71. The number of nitrogens with one attached hydrogen (secondary N) is 1. The van der Waals surface area contributed by atoms with Crippen molar-refractivity contribution in [3.05, 3.63) is 60.7 Å². The number of nitrogens with zero attached hydrogens (tertiary/aromatic N) is 3. The van der Waals surface area contributed by atoms with Crippen LogP contribution >= 0.6 is 0 Å². The molecule has 3 aromatic rings. The molecule has 138 valence electrons. The summed E-state index contributed by atoms with van der Waals surface area (Å²) in [5.74, 6) is -1.29. The average Bonchev–Trinajstić information content (AvgIpc) is 3.11. The van der Waals surface area contributed by atoms with Crippen molar-refractivity contribution in [2.45, 2.75) is 38.0 Å². The Labute approximate surface area is 156 Å². The van der Waals surface area contributed by atoms with E-state index < -0.39 is 11.7 Å². The third-order valence-corrected chi connectivity index (χ3v) is 5.15. The number of benzene rings is 1. The largest absolute Gasteiger partial charge is 0.315 e. The van der Waals surface area contributed by atoms with Gasteiger partial charge in [-0.1, -0.05) is 50.1 Å². The summed E-state index contributed by atoms with van der Waals surface area (Å²) in [5, 5.41) is 6.56. The molecule has 1 fully saturated rings. The summed E-state index contributed by atoms with van der Waals surface area (Å²) in [7, 11) is 0. The molecule has 0 aliphatic heterocycles. The second kappa shape index (κ2) is 7.31. The van der Waals surface area contributed by atoms with Gasteiger partial charge in [0.05, 0.1) is 11.9 Å². The SMILES string of the molecule is C=C(F)C(=O)Nc1cnn2ccc(-c3ccc(C4CCCCC4)cc3)nc12. The number of hydrogen-bond acceptors (Lipinski definition) is 3. The first-order valence-electron chi connectivity index (χ1n) is 9.22. The lowest BCUT2D eigenvalue weighted by Crippen LogP contribution is -2.11. The molecule has 27 heavy (non-hydrogen) atoms.